The molecule has 144 valence electrons. The minimum atomic E-state index is -0.535. The number of hydrogen-bond donors (Lipinski definition) is 2. The summed E-state index contributed by atoms with van der Waals surface area (Å²) in [5, 5.41) is 10.4. The SMILES string of the molecule is CCOC(=O)c1cc(NC(=O)CSc2n[nH]c(-c3ccccc3)n2)ccc1Cl. The van der Waals surface area contributed by atoms with Crippen molar-refractivity contribution in [1.82, 2.24) is 15.2 Å². The lowest BCUT2D eigenvalue weighted by Gasteiger charge is -2.08. The molecular weight excluding hydrogens is 400 g/mol. The Labute approximate surface area is 170 Å². The van der Waals surface area contributed by atoms with E-state index >= 15 is 0 Å². The average molecular weight is 417 g/mol. The quantitative estimate of drug-likeness (QED) is 0.445. The number of aromatic nitrogens is 3. The van der Waals surface area contributed by atoms with Crippen molar-refractivity contribution < 1.29 is 14.3 Å². The number of nitrogens with one attached hydrogen (secondary N) is 2. The molecule has 2 aromatic carbocycles. The molecule has 1 aromatic heterocycles. The Balaban J connectivity index is 1.58. The van der Waals surface area contributed by atoms with Crippen molar-refractivity contribution in [3.63, 3.8) is 0 Å². The zero-order chi connectivity index (χ0) is 19.9. The van der Waals surface area contributed by atoms with Crippen molar-refractivity contribution in [2.45, 2.75) is 12.1 Å². The number of thioether (sulfide) groups is 1. The molecule has 0 saturated heterocycles. The number of halogens is 1. The molecule has 9 heteroatoms. The van der Waals surface area contributed by atoms with Crippen molar-refractivity contribution in [2.24, 2.45) is 0 Å². The lowest BCUT2D eigenvalue weighted by molar-refractivity contribution is -0.113. The molecule has 0 aliphatic carbocycles. The van der Waals surface area contributed by atoms with E-state index in [9.17, 15) is 9.59 Å². The Morgan fingerprint density at radius 2 is 2.00 bits per heavy atom. The molecule has 28 heavy (non-hydrogen) atoms. The highest BCUT2D eigenvalue weighted by Gasteiger charge is 2.14. The minimum Gasteiger partial charge on any atom is -0.462 e. The number of amides is 1. The molecule has 0 bridgehead atoms. The van der Waals surface area contributed by atoms with Crippen LogP contribution in [0.4, 0.5) is 5.69 Å². The standard InChI is InChI=1S/C19H17ClN4O3S/c1-2-27-18(26)14-10-13(8-9-15(14)20)21-16(25)11-28-19-22-17(23-24-19)12-6-4-3-5-7-12/h3-10H,2,11H2,1H3,(H,21,25)(H,22,23,24). The van der Waals surface area contributed by atoms with Gasteiger partial charge in [0.25, 0.3) is 0 Å². The molecule has 3 aromatic rings. The van der Waals surface area contributed by atoms with Crippen molar-refractivity contribution in [3.05, 3.63) is 59.1 Å². The predicted molar refractivity (Wildman–Crippen MR) is 109 cm³/mol. The second-order valence-corrected chi connectivity index (χ2v) is 6.93. The topological polar surface area (TPSA) is 97.0 Å². The van der Waals surface area contributed by atoms with Crippen LogP contribution in [0, 0.1) is 0 Å². The van der Waals surface area contributed by atoms with E-state index in [4.69, 9.17) is 16.3 Å². The molecule has 0 atom stereocenters. The normalized spacial score (nSPS) is 10.5. The maximum Gasteiger partial charge on any atom is 0.339 e. The van der Waals surface area contributed by atoms with Gasteiger partial charge in [0.05, 0.1) is 22.9 Å². The smallest absolute Gasteiger partial charge is 0.339 e. The molecule has 0 aliphatic heterocycles. The van der Waals surface area contributed by atoms with Gasteiger partial charge in [-0.1, -0.05) is 53.7 Å². The summed E-state index contributed by atoms with van der Waals surface area (Å²) >= 11 is 7.22. The Morgan fingerprint density at radius 3 is 2.75 bits per heavy atom. The Morgan fingerprint density at radius 1 is 1.21 bits per heavy atom. The highest BCUT2D eigenvalue weighted by Crippen LogP contribution is 2.23. The fourth-order valence-electron chi connectivity index (χ4n) is 2.33. The fraction of sp³-hybridized carbons (Fsp3) is 0.158. The summed E-state index contributed by atoms with van der Waals surface area (Å²) in [5.74, 6) is -0.0377. The van der Waals surface area contributed by atoms with Gasteiger partial charge in [-0.05, 0) is 25.1 Å². The first-order chi connectivity index (χ1) is 13.6. The van der Waals surface area contributed by atoms with E-state index in [2.05, 4.69) is 20.5 Å². The molecule has 3 rings (SSSR count). The van der Waals surface area contributed by atoms with Gasteiger partial charge in [0.2, 0.25) is 11.1 Å². The largest absolute Gasteiger partial charge is 0.462 e. The second kappa shape index (κ2) is 9.38. The van der Waals surface area contributed by atoms with E-state index in [1.54, 1.807) is 13.0 Å². The van der Waals surface area contributed by atoms with Gasteiger partial charge < -0.3 is 10.1 Å². The van der Waals surface area contributed by atoms with Crippen molar-refractivity contribution in [1.29, 1.82) is 0 Å². The number of anilines is 1. The number of H-pyrrole nitrogens is 1. The summed E-state index contributed by atoms with van der Waals surface area (Å²) in [6.07, 6.45) is 0. The Hall–Kier alpha value is -2.84. The summed E-state index contributed by atoms with van der Waals surface area (Å²) in [7, 11) is 0. The van der Waals surface area contributed by atoms with Gasteiger partial charge in [-0.15, -0.1) is 5.10 Å². The zero-order valence-electron chi connectivity index (χ0n) is 14.9. The first-order valence-corrected chi connectivity index (χ1v) is 9.80. The van der Waals surface area contributed by atoms with Crippen LogP contribution in [0.3, 0.4) is 0 Å². The molecule has 2 N–H and O–H groups in total. The molecule has 1 amide bonds. The Kier molecular flexibility index (Phi) is 6.67. The van der Waals surface area contributed by atoms with Gasteiger partial charge in [0, 0.05) is 11.3 Å². The number of nitrogens with zero attached hydrogens (tertiary/aromatic N) is 2. The van der Waals surface area contributed by atoms with Crippen molar-refractivity contribution >= 4 is 40.9 Å². The van der Waals surface area contributed by atoms with Gasteiger partial charge in [-0.2, -0.15) is 0 Å². The third-order valence-corrected chi connectivity index (χ3v) is 4.77. The van der Waals surface area contributed by atoms with Crippen LogP contribution >= 0.6 is 23.4 Å². The van der Waals surface area contributed by atoms with E-state index in [0.717, 1.165) is 5.56 Å². The number of carbonyl (C=O) groups is 2. The number of carbonyl (C=O) groups excluding carboxylic acids is 2. The van der Waals surface area contributed by atoms with Gasteiger partial charge >= 0.3 is 5.97 Å². The lowest BCUT2D eigenvalue weighted by Crippen LogP contribution is -2.15. The third-order valence-electron chi connectivity index (χ3n) is 3.59. The highest BCUT2D eigenvalue weighted by molar-refractivity contribution is 7.99. The first-order valence-electron chi connectivity index (χ1n) is 8.44. The number of rotatable bonds is 7. The molecule has 0 unspecified atom stereocenters. The summed E-state index contributed by atoms with van der Waals surface area (Å²) in [4.78, 5) is 28.5. The number of aromatic amines is 1. The van der Waals surface area contributed by atoms with Crippen molar-refractivity contribution in [2.75, 3.05) is 17.7 Å². The monoisotopic (exact) mass is 416 g/mol. The van der Waals surface area contributed by atoms with E-state index in [-0.39, 0.29) is 28.9 Å². The van der Waals surface area contributed by atoms with Gasteiger partial charge in [0.15, 0.2) is 5.82 Å². The zero-order valence-corrected chi connectivity index (χ0v) is 16.5. The number of esters is 1. The van der Waals surface area contributed by atoms with Crippen LogP contribution in [0.2, 0.25) is 5.02 Å². The van der Waals surface area contributed by atoms with Gasteiger partial charge in [-0.3, -0.25) is 9.89 Å². The molecular formula is C19H17ClN4O3S. The lowest BCUT2D eigenvalue weighted by atomic mass is 10.2. The first kappa shape index (κ1) is 19.9. The fourth-order valence-corrected chi connectivity index (χ4v) is 3.12. The molecule has 0 aliphatic rings. The second-order valence-electron chi connectivity index (χ2n) is 5.58. The molecule has 0 fully saturated rings. The summed E-state index contributed by atoms with van der Waals surface area (Å²) in [5.41, 5.74) is 1.58. The van der Waals surface area contributed by atoms with E-state index in [0.29, 0.717) is 16.7 Å². The molecule has 0 spiro atoms. The van der Waals surface area contributed by atoms with Gasteiger partial charge in [0.1, 0.15) is 0 Å². The Bertz CT molecular complexity index is 978. The third kappa shape index (κ3) is 5.11. The predicted octanol–water partition coefficient (Wildman–Crippen LogP) is 4.03. The number of hydrogen-bond acceptors (Lipinski definition) is 6. The average Bonchev–Trinajstić information content (AvgIpc) is 3.18. The van der Waals surface area contributed by atoms with E-state index in [1.165, 1.54) is 23.9 Å². The number of benzene rings is 2. The summed E-state index contributed by atoms with van der Waals surface area (Å²) in [6, 6.07) is 14.2. The van der Waals surface area contributed by atoms with E-state index in [1.807, 2.05) is 30.3 Å². The van der Waals surface area contributed by atoms with Crippen molar-refractivity contribution in [3.8, 4) is 11.4 Å². The minimum absolute atomic E-state index is 0.115. The van der Waals surface area contributed by atoms with Crippen LogP contribution in [0.15, 0.2) is 53.7 Å². The van der Waals surface area contributed by atoms with Crippen LogP contribution < -0.4 is 5.32 Å². The van der Waals surface area contributed by atoms with Crippen LogP contribution in [-0.4, -0.2) is 39.4 Å². The van der Waals surface area contributed by atoms with Gasteiger partial charge in [-0.25, -0.2) is 9.78 Å². The summed E-state index contributed by atoms with van der Waals surface area (Å²) < 4.78 is 4.95. The van der Waals surface area contributed by atoms with Crippen LogP contribution in [0.1, 0.15) is 17.3 Å². The van der Waals surface area contributed by atoms with Crippen LogP contribution in [0.5, 0.6) is 0 Å². The highest BCUT2D eigenvalue weighted by atomic mass is 35.5. The van der Waals surface area contributed by atoms with E-state index < -0.39 is 5.97 Å². The van der Waals surface area contributed by atoms with Crippen LogP contribution in [-0.2, 0) is 9.53 Å². The summed E-state index contributed by atoms with van der Waals surface area (Å²) in [6.45, 7) is 1.95. The molecule has 0 saturated carbocycles. The maximum absolute atomic E-state index is 12.2. The number of ether oxygens (including phenoxy) is 1. The van der Waals surface area contributed by atoms with Crippen LogP contribution in [0.25, 0.3) is 11.4 Å². The maximum atomic E-state index is 12.2. The molecule has 0 radical (unpaired) electrons. The molecule has 1 heterocycles. The molecule has 7 nitrogen and oxygen atoms in total.